The Labute approximate surface area is 153 Å². The number of carbonyl (C=O) groups is 1. The Morgan fingerprint density at radius 2 is 1.44 bits per heavy atom. The highest BCUT2D eigenvalue weighted by molar-refractivity contribution is 6.23. The molecular formula is C22H17F3O2. The van der Waals surface area contributed by atoms with E-state index < -0.39 is 12.1 Å². The van der Waals surface area contributed by atoms with E-state index in [1.54, 1.807) is 0 Å². The molecule has 0 spiro atoms. The number of esters is 1. The van der Waals surface area contributed by atoms with Gasteiger partial charge in [-0.25, -0.2) is 4.79 Å². The molecule has 0 aromatic heterocycles. The van der Waals surface area contributed by atoms with Crippen LogP contribution in [0, 0.1) is 0 Å². The number of ether oxygens (including phenoxy) is 1. The highest BCUT2D eigenvalue weighted by Gasteiger charge is 2.40. The zero-order chi connectivity index (χ0) is 19.0. The maximum atomic E-state index is 12.1. The molecule has 0 saturated heterocycles. The minimum Gasteiger partial charge on any atom is -0.459 e. The van der Waals surface area contributed by atoms with Crippen molar-refractivity contribution in [1.29, 1.82) is 0 Å². The fourth-order valence-electron chi connectivity index (χ4n) is 3.68. The first kappa shape index (κ1) is 17.6. The van der Waals surface area contributed by atoms with E-state index in [4.69, 9.17) is 0 Å². The zero-order valence-electron chi connectivity index (χ0n) is 14.5. The van der Waals surface area contributed by atoms with Gasteiger partial charge in [0.25, 0.3) is 0 Å². The summed E-state index contributed by atoms with van der Waals surface area (Å²) in [5, 5.41) is 7.21. The van der Waals surface area contributed by atoms with E-state index >= 15 is 0 Å². The van der Waals surface area contributed by atoms with Gasteiger partial charge in [-0.3, -0.25) is 0 Å². The van der Waals surface area contributed by atoms with Crippen LogP contribution in [0.1, 0.15) is 18.4 Å². The summed E-state index contributed by atoms with van der Waals surface area (Å²) in [5.41, 5.74) is 1.16. The zero-order valence-corrected chi connectivity index (χ0v) is 14.5. The van der Waals surface area contributed by atoms with Crippen molar-refractivity contribution in [3.05, 3.63) is 60.2 Å². The lowest BCUT2D eigenvalue weighted by molar-refractivity contribution is -0.199. The summed E-state index contributed by atoms with van der Waals surface area (Å²) in [4.78, 5) is 10.7. The van der Waals surface area contributed by atoms with Crippen LogP contribution in [0.4, 0.5) is 13.2 Å². The Morgan fingerprint density at radius 3 is 2.15 bits per heavy atom. The van der Waals surface area contributed by atoms with Crippen molar-refractivity contribution < 1.29 is 22.7 Å². The third-order valence-corrected chi connectivity index (χ3v) is 4.92. The molecule has 27 heavy (non-hydrogen) atoms. The number of unbranched alkanes of at least 4 members (excludes halogenated alkanes) is 1. The molecule has 138 valence electrons. The number of rotatable bonds is 5. The van der Waals surface area contributed by atoms with Crippen molar-refractivity contribution >= 4 is 38.3 Å². The highest BCUT2D eigenvalue weighted by atomic mass is 19.4. The summed E-state index contributed by atoms with van der Waals surface area (Å²) in [6.45, 7) is -0.218. The van der Waals surface area contributed by atoms with Gasteiger partial charge in [-0.2, -0.15) is 13.2 Å². The molecule has 0 saturated carbocycles. The fourth-order valence-corrected chi connectivity index (χ4v) is 3.68. The molecule has 5 heteroatoms. The molecule has 0 aliphatic rings. The Hall–Kier alpha value is -2.82. The lowest BCUT2D eigenvalue weighted by atomic mass is 9.91. The van der Waals surface area contributed by atoms with Gasteiger partial charge < -0.3 is 4.74 Å². The summed E-state index contributed by atoms with van der Waals surface area (Å²) in [6.07, 6.45) is -3.16. The van der Waals surface area contributed by atoms with Crippen LogP contribution in [0.3, 0.4) is 0 Å². The molecule has 0 N–H and O–H groups in total. The summed E-state index contributed by atoms with van der Waals surface area (Å²) in [6, 6.07) is 18.9. The normalized spacial score (nSPS) is 12.3. The third-order valence-electron chi connectivity index (χ3n) is 4.92. The molecule has 4 rings (SSSR count). The summed E-state index contributed by atoms with van der Waals surface area (Å²) < 4.78 is 40.6. The molecule has 0 atom stereocenters. The maximum Gasteiger partial charge on any atom is 0.490 e. The number of carbonyl (C=O) groups excluding carboxylic acids is 1. The summed E-state index contributed by atoms with van der Waals surface area (Å²) in [7, 11) is 0. The van der Waals surface area contributed by atoms with Gasteiger partial charge >= 0.3 is 12.1 Å². The van der Waals surface area contributed by atoms with Gasteiger partial charge in [0.2, 0.25) is 0 Å². The summed E-state index contributed by atoms with van der Waals surface area (Å²) in [5.74, 6) is -2.12. The van der Waals surface area contributed by atoms with Crippen LogP contribution in [0.2, 0.25) is 0 Å². The van der Waals surface area contributed by atoms with Gasteiger partial charge in [-0.05, 0) is 57.1 Å². The molecule has 0 amide bonds. The number of alkyl halides is 3. The van der Waals surface area contributed by atoms with Crippen LogP contribution < -0.4 is 0 Å². The number of hydrogen-bond acceptors (Lipinski definition) is 2. The average molecular weight is 370 g/mol. The Balaban J connectivity index is 1.54. The second-order valence-corrected chi connectivity index (χ2v) is 6.67. The first-order chi connectivity index (χ1) is 12.9. The van der Waals surface area contributed by atoms with Gasteiger partial charge in [0.1, 0.15) is 0 Å². The number of halogens is 3. The van der Waals surface area contributed by atoms with E-state index in [9.17, 15) is 18.0 Å². The number of benzene rings is 4. The smallest absolute Gasteiger partial charge is 0.459 e. The topological polar surface area (TPSA) is 26.3 Å². The molecule has 0 heterocycles. The lowest BCUT2D eigenvalue weighted by Crippen LogP contribution is -2.25. The molecule has 0 aliphatic carbocycles. The molecule has 4 aromatic rings. The van der Waals surface area contributed by atoms with Crippen LogP contribution in [0.15, 0.2) is 54.6 Å². The van der Waals surface area contributed by atoms with Gasteiger partial charge in [-0.15, -0.1) is 0 Å². The van der Waals surface area contributed by atoms with E-state index in [2.05, 4.69) is 53.3 Å². The third kappa shape index (κ3) is 3.29. The average Bonchev–Trinajstić information content (AvgIpc) is 2.65. The number of hydrogen-bond donors (Lipinski definition) is 0. The molecule has 4 aromatic carbocycles. The Kier molecular flexibility index (Phi) is 4.38. The van der Waals surface area contributed by atoms with Crippen LogP contribution in [-0.2, 0) is 16.0 Å². The SMILES string of the molecule is O=C(OCCCCc1ccc2ccc3cccc4ccc1c2c34)C(F)(F)F. The second-order valence-electron chi connectivity index (χ2n) is 6.67. The van der Waals surface area contributed by atoms with E-state index in [0.717, 1.165) is 12.0 Å². The molecule has 0 aliphatic heterocycles. The quantitative estimate of drug-likeness (QED) is 0.244. The van der Waals surface area contributed by atoms with Crippen molar-refractivity contribution in [2.24, 2.45) is 0 Å². The van der Waals surface area contributed by atoms with E-state index in [-0.39, 0.29) is 6.61 Å². The summed E-state index contributed by atoms with van der Waals surface area (Å²) >= 11 is 0. The molecule has 0 radical (unpaired) electrons. The van der Waals surface area contributed by atoms with Crippen molar-refractivity contribution in [2.45, 2.75) is 25.4 Å². The number of aryl methyl sites for hydroxylation is 1. The van der Waals surface area contributed by atoms with Gasteiger partial charge in [0.05, 0.1) is 6.61 Å². The monoisotopic (exact) mass is 370 g/mol. The Morgan fingerprint density at radius 1 is 0.815 bits per heavy atom. The van der Waals surface area contributed by atoms with Gasteiger partial charge in [0, 0.05) is 0 Å². The molecule has 0 fully saturated rings. The van der Waals surface area contributed by atoms with Crippen molar-refractivity contribution in [3.8, 4) is 0 Å². The lowest BCUT2D eigenvalue weighted by Gasteiger charge is -2.14. The van der Waals surface area contributed by atoms with Gasteiger partial charge in [0.15, 0.2) is 0 Å². The van der Waals surface area contributed by atoms with Crippen molar-refractivity contribution in [3.63, 3.8) is 0 Å². The minimum absolute atomic E-state index is 0.218. The van der Waals surface area contributed by atoms with Gasteiger partial charge in [-0.1, -0.05) is 54.6 Å². The Bertz CT molecular complexity index is 1100. The largest absolute Gasteiger partial charge is 0.490 e. The van der Waals surface area contributed by atoms with Crippen molar-refractivity contribution in [2.75, 3.05) is 6.61 Å². The standard InChI is InChI=1S/C22H17F3O2/c23-22(24,25)21(26)27-13-2-1-4-14-7-8-17-10-9-15-5-3-6-16-11-12-18(14)20(17)19(15)16/h3,5-12H,1-2,4,13H2. The molecular weight excluding hydrogens is 353 g/mol. The van der Waals surface area contributed by atoms with E-state index in [0.29, 0.717) is 12.8 Å². The van der Waals surface area contributed by atoms with Crippen LogP contribution in [0.25, 0.3) is 32.3 Å². The predicted molar refractivity (Wildman–Crippen MR) is 100 cm³/mol. The van der Waals surface area contributed by atoms with E-state index in [1.165, 1.54) is 32.3 Å². The first-order valence-electron chi connectivity index (χ1n) is 8.84. The first-order valence-corrected chi connectivity index (χ1v) is 8.84. The maximum absolute atomic E-state index is 12.1. The molecule has 2 nitrogen and oxygen atoms in total. The van der Waals surface area contributed by atoms with Crippen LogP contribution >= 0.6 is 0 Å². The molecule has 0 bridgehead atoms. The molecule has 0 unspecified atom stereocenters. The highest BCUT2D eigenvalue weighted by Crippen LogP contribution is 2.36. The van der Waals surface area contributed by atoms with Crippen LogP contribution in [-0.4, -0.2) is 18.8 Å². The van der Waals surface area contributed by atoms with Crippen LogP contribution in [0.5, 0.6) is 0 Å². The predicted octanol–water partition coefficient (Wildman–Crippen LogP) is 6.01. The van der Waals surface area contributed by atoms with Crippen molar-refractivity contribution in [1.82, 2.24) is 0 Å². The second kappa shape index (κ2) is 6.72. The fraction of sp³-hybridized carbons (Fsp3) is 0.227. The van der Waals surface area contributed by atoms with E-state index in [1.807, 2.05) is 6.07 Å². The minimum atomic E-state index is -4.92.